The van der Waals surface area contributed by atoms with Crippen LogP contribution in [-0.4, -0.2) is 39.0 Å². The van der Waals surface area contributed by atoms with Gasteiger partial charge in [0.2, 0.25) is 13.3 Å². The van der Waals surface area contributed by atoms with Crippen molar-refractivity contribution in [3.63, 3.8) is 0 Å². The largest absolute Gasteiger partial charge is 0.338 e. The fourth-order valence-electron chi connectivity index (χ4n) is 8.45. The zero-order valence-corrected chi connectivity index (χ0v) is 40.6. The van der Waals surface area contributed by atoms with Crippen molar-refractivity contribution in [2.45, 2.75) is 75.3 Å². The molecule has 64 heavy (non-hydrogen) atoms. The van der Waals surface area contributed by atoms with Gasteiger partial charge in [-0.2, -0.15) is 16.8 Å². The summed E-state index contributed by atoms with van der Waals surface area (Å²) in [5, 5.41) is 0. The van der Waals surface area contributed by atoms with Crippen molar-refractivity contribution >= 4 is 43.0 Å². The molecule has 0 unspecified atom stereocenters. The Labute approximate surface area is 410 Å². The SMILES string of the molecule is CCc1cccc(CC)c1N1[C]N(c2ccccc2S(=O)(=O)O)[C@H](c2ccccc2)C1.CCc1cccc(CC)c1N1[C]N(c2ccccc2S(=O)(=O)O)[C@H](c2ccccc2)C1.[Ag].[Ag]. The fourth-order valence-corrected chi connectivity index (χ4v) is 9.81. The number of nitrogens with zero attached hydrogens (tertiary/aromatic N) is 4. The maximum Gasteiger partial charge on any atom is 0.296 e. The molecule has 6 aromatic carbocycles. The van der Waals surface area contributed by atoms with Gasteiger partial charge in [0, 0.05) is 69.2 Å². The summed E-state index contributed by atoms with van der Waals surface area (Å²) < 4.78 is 68.1. The Bertz CT molecular complexity index is 2480. The van der Waals surface area contributed by atoms with Gasteiger partial charge in [0.15, 0.2) is 0 Å². The maximum absolute atomic E-state index is 12.1. The molecule has 0 saturated carbocycles. The second-order valence-electron chi connectivity index (χ2n) is 15.2. The molecule has 2 aliphatic heterocycles. The number of aryl methyl sites for hydroxylation is 4. The first kappa shape index (κ1) is 50.8. The Balaban J connectivity index is 0.000000234. The Kier molecular flexibility index (Phi) is 17.7. The van der Waals surface area contributed by atoms with E-state index in [9.17, 15) is 25.9 Å². The van der Waals surface area contributed by atoms with Crippen LogP contribution in [0.1, 0.15) is 73.2 Å². The summed E-state index contributed by atoms with van der Waals surface area (Å²) in [5.74, 6) is 0. The average molecular weight is 1080 g/mol. The van der Waals surface area contributed by atoms with Crippen LogP contribution in [0.4, 0.5) is 22.7 Å². The maximum atomic E-state index is 12.1. The molecule has 342 valence electrons. The zero-order valence-electron chi connectivity index (χ0n) is 36.0. The summed E-state index contributed by atoms with van der Waals surface area (Å²) in [6.45, 7) is 16.6. The molecule has 2 saturated heterocycles. The Morgan fingerprint density at radius 1 is 0.453 bits per heavy atom. The molecule has 0 aromatic heterocycles. The standard InChI is InChI=1S/2C25H26N2O3S.2Ag/c2*1-3-19-13-10-14-20(4-2)25(19)26-17-23(21-11-6-5-7-12-21)27(18-26)22-15-8-9-16-24(22)31(28,29)30;;/h2*5-16,23H,3-4,17H2,1-2H3,(H,28,29,30);;/t2*23-;;/m00../s1. The van der Waals surface area contributed by atoms with Crippen LogP contribution in [0.25, 0.3) is 0 Å². The summed E-state index contributed by atoms with van der Waals surface area (Å²) in [7, 11) is -8.77. The number of benzene rings is 6. The summed E-state index contributed by atoms with van der Waals surface area (Å²) in [6.07, 6.45) is 3.55. The van der Waals surface area contributed by atoms with Gasteiger partial charge in [-0.1, -0.05) is 149 Å². The van der Waals surface area contributed by atoms with E-state index in [1.807, 2.05) is 70.5 Å². The molecular formula is C50H52Ag2N4O6S2. The minimum atomic E-state index is -4.38. The van der Waals surface area contributed by atoms with Crippen molar-refractivity contribution in [1.82, 2.24) is 0 Å². The first-order chi connectivity index (χ1) is 29.9. The minimum absolute atomic E-state index is 0. The quantitative estimate of drug-likeness (QED) is 0.0905. The van der Waals surface area contributed by atoms with Gasteiger partial charge in [0.05, 0.1) is 23.5 Å². The molecule has 0 bridgehead atoms. The number of hydrogen-bond acceptors (Lipinski definition) is 8. The third-order valence-corrected chi connectivity index (χ3v) is 13.2. The molecule has 6 aromatic rings. The second-order valence-corrected chi connectivity index (χ2v) is 17.9. The molecule has 2 fully saturated rings. The van der Waals surface area contributed by atoms with E-state index in [2.05, 4.69) is 87.2 Å². The van der Waals surface area contributed by atoms with E-state index in [1.165, 1.54) is 34.4 Å². The van der Waals surface area contributed by atoms with Crippen LogP contribution < -0.4 is 19.6 Å². The average Bonchev–Trinajstić information content (AvgIpc) is 3.94. The Hall–Kier alpha value is -4.18. The van der Waals surface area contributed by atoms with Crippen LogP contribution in [0, 0.1) is 13.3 Å². The molecule has 14 heteroatoms. The summed E-state index contributed by atoms with van der Waals surface area (Å²) in [5.41, 5.74) is 10.1. The molecular weight excluding hydrogens is 1030 g/mol. The summed E-state index contributed by atoms with van der Waals surface area (Å²) in [6, 6.07) is 45.3. The molecule has 2 heterocycles. The predicted molar refractivity (Wildman–Crippen MR) is 247 cm³/mol. The van der Waals surface area contributed by atoms with Gasteiger partial charge in [-0.25, -0.2) is 0 Å². The van der Waals surface area contributed by atoms with E-state index >= 15 is 0 Å². The fraction of sp³-hybridized carbons (Fsp3) is 0.240. The van der Waals surface area contributed by atoms with Crippen LogP contribution in [-0.2, 0) is 90.7 Å². The van der Waals surface area contributed by atoms with Crippen molar-refractivity contribution in [3.8, 4) is 0 Å². The zero-order chi connectivity index (χ0) is 44.0. The number of hydrogen-bond donors (Lipinski definition) is 2. The third kappa shape index (κ3) is 11.1. The first-order valence-corrected chi connectivity index (χ1v) is 23.9. The summed E-state index contributed by atoms with van der Waals surface area (Å²) in [4.78, 5) is 7.62. The molecule has 0 amide bonds. The van der Waals surface area contributed by atoms with Gasteiger partial charge in [-0.05, 0) is 83.3 Å². The van der Waals surface area contributed by atoms with Crippen LogP contribution in [0.2, 0.25) is 0 Å². The summed E-state index contributed by atoms with van der Waals surface area (Å²) >= 11 is 0. The van der Waals surface area contributed by atoms with Gasteiger partial charge in [0.1, 0.15) is 9.79 Å². The predicted octanol–water partition coefficient (Wildman–Crippen LogP) is 10.2. The molecule has 2 atom stereocenters. The first-order valence-electron chi connectivity index (χ1n) is 21.0. The van der Waals surface area contributed by atoms with Gasteiger partial charge < -0.3 is 19.6 Å². The van der Waals surface area contributed by atoms with Gasteiger partial charge >= 0.3 is 0 Å². The van der Waals surface area contributed by atoms with Gasteiger partial charge in [0.25, 0.3) is 20.2 Å². The molecule has 0 aliphatic carbocycles. The molecule has 6 radical (unpaired) electrons. The number of rotatable bonds is 12. The van der Waals surface area contributed by atoms with Crippen LogP contribution in [0.5, 0.6) is 0 Å². The normalized spacial score (nSPS) is 16.2. The van der Waals surface area contributed by atoms with Crippen molar-refractivity contribution in [2.75, 3.05) is 32.7 Å². The second kappa shape index (κ2) is 22.3. The van der Waals surface area contributed by atoms with Crippen LogP contribution >= 0.6 is 0 Å². The monoisotopic (exact) mass is 1080 g/mol. The van der Waals surface area contributed by atoms with E-state index in [-0.39, 0.29) is 66.6 Å². The van der Waals surface area contributed by atoms with E-state index in [0.29, 0.717) is 24.5 Å². The van der Waals surface area contributed by atoms with Crippen molar-refractivity contribution in [1.29, 1.82) is 0 Å². The van der Waals surface area contributed by atoms with Gasteiger partial charge in [-0.15, -0.1) is 0 Å². The molecule has 2 aliphatic rings. The van der Waals surface area contributed by atoms with Crippen molar-refractivity contribution in [3.05, 3.63) is 192 Å². The number of anilines is 4. The van der Waals surface area contributed by atoms with Crippen LogP contribution in [0.15, 0.2) is 155 Å². The smallest absolute Gasteiger partial charge is 0.296 e. The van der Waals surface area contributed by atoms with E-state index < -0.39 is 20.2 Å². The Morgan fingerprint density at radius 2 is 0.750 bits per heavy atom. The van der Waals surface area contributed by atoms with Crippen molar-refractivity contribution < 1.29 is 70.7 Å². The Morgan fingerprint density at radius 3 is 1.05 bits per heavy atom. The van der Waals surface area contributed by atoms with E-state index in [1.54, 1.807) is 36.4 Å². The van der Waals surface area contributed by atoms with Gasteiger partial charge in [-0.3, -0.25) is 9.11 Å². The van der Waals surface area contributed by atoms with E-state index in [4.69, 9.17) is 0 Å². The van der Waals surface area contributed by atoms with Crippen molar-refractivity contribution in [2.24, 2.45) is 0 Å². The van der Waals surface area contributed by atoms with Crippen LogP contribution in [0.3, 0.4) is 0 Å². The minimum Gasteiger partial charge on any atom is -0.338 e. The molecule has 2 N–H and O–H groups in total. The molecule has 8 rings (SSSR count). The number of para-hydroxylation sites is 4. The topological polar surface area (TPSA) is 122 Å². The molecule has 0 spiro atoms. The van der Waals surface area contributed by atoms with E-state index in [0.717, 1.165) is 48.2 Å². The molecule has 10 nitrogen and oxygen atoms in total. The third-order valence-electron chi connectivity index (χ3n) is 11.4.